The van der Waals surface area contributed by atoms with Crippen LogP contribution < -0.4 is 5.32 Å². The molecule has 1 amide bonds. The number of phenolic OH excluding ortho intramolecular Hbond substituents is 1. The van der Waals surface area contributed by atoms with Crippen molar-refractivity contribution in [2.24, 2.45) is 0 Å². The van der Waals surface area contributed by atoms with Gasteiger partial charge < -0.3 is 10.4 Å². The lowest BCUT2D eigenvalue weighted by Gasteiger charge is -2.10. The number of halogens is 1. The highest BCUT2D eigenvalue weighted by molar-refractivity contribution is 7.99. The summed E-state index contributed by atoms with van der Waals surface area (Å²) in [6.07, 6.45) is 1.94. The third kappa shape index (κ3) is 3.41. The first-order valence-corrected chi connectivity index (χ1v) is 6.13. The number of hydrogen-bond acceptors (Lipinski definition) is 3. The van der Waals surface area contributed by atoms with Crippen molar-refractivity contribution in [2.75, 3.05) is 12.8 Å². The first-order chi connectivity index (χ1) is 7.54. The molecule has 1 rings (SSSR count). The van der Waals surface area contributed by atoms with Gasteiger partial charge in [-0.25, -0.2) is 4.39 Å². The lowest BCUT2D eigenvalue weighted by Crippen LogP contribution is -2.29. The van der Waals surface area contributed by atoms with Crippen molar-refractivity contribution in [1.29, 1.82) is 0 Å². The summed E-state index contributed by atoms with van der Waals surface area (Å²) in [5.74, 6) is -1.21. The van der Waals surface area contributed by atoms with E-state index < -0.39 is 11.7 Å². The lowest BCUT2D eigenvalue weighted by molar-refractivity contribution is 0.0951. The zero-order valence-electron chi connectivity index (χ0n) is 9.16. The quantitative estimate of drug-likeness (QED) is 0.850. The topological polar surface area (TPSA) is 49.3 Å². The normalized spacial score (nSPS) is 12.2. The van der Waals surface area contributed by atoms with Gasteiger partial charge in [0.1, 0.15) is 11.6 Å². The maximum absolute atomic E-state index is 12.9. The third-order valence-electron chi connectivity index (χ3n) is 2.16. The van der Waals surface area contributed by atoms with Gasteiger partial charge in [0, 0.05) is 11.8 Å². The molecule has 5 heteroatoms. The predicted octanol–water partition coefficient (Wildman–Crippen LogP) is 2.01. The number of hydrogen-bond donors (Lipinski definition) is 2. The largest absolute Gasteiger partial charge is 0.507 e. The minimum Gasteiger partial charge on any atom is -0.507 e. The highest BCUT2D eigenvalue weighted by Gasteiger charge is 2.12. The Balaban J connectivity index is 2.69. The molecule has 0 heterocycles. The average molecular weight is 243 g/mol. The fraction of sp³-hybridized carbons (Fsp3) is 0.364. The van der Waals surface area contributed by atoms with Gasteiger partial charge in [0.15, 0.2) is 0 Å². The summed E-state index contributed by atoms with van der Waals surface area (Å²) in [5, 5.41) is 12.3. The molecule has 16 heavy (non-hydrogen) atoms. The van der Waals surface area contributed by atoms with Gasteiger partial charge in [0.05, 0.1) is 5.56 Å². The number of rotatable bonds is 4. The number of aromatic hydroxyl groups is 1. The van der Waals surface area contributed by atoms with Crippen LogP contribution in [0.5, 0.6) is 5.75 Å². The average Bonchev–Trinajstić information content (AvgIpc) is 2.28. The van der Waals surface area contributed by atoms with Crippen molar-refractivity contribution in [3.05, 3.63) is 29.6 Å². The predicted molar refractivity (Wildman–Crippen MR) is 63.4 cm³/mol. The Hall–Kier alpha value is -1.23. The summed E-state index contributed by atoms with van der Waals surface area (Å²) in [4.78, 5) is 11.6. The molecule has 2 N–H and O–H groups in total. The molecule has 1 atom stereocenters. The summed E-state index contributed by atoms with van der Waals surface area (Å²) < 4.78 is 12.9. The van der Waals surface area contributed by atoms with E-state index in [-0.39, 0.29) is 16.6 Å². The molecular weight excluding hydrogens is 229 g/mol. The van der Waals surface area contributed by atoms with E-state index in [4.69, 9.17) is 0 Å². The molecule has 0 spiro atoms. The highest BCUT2D eigenvalue weighted by atomic mass is 32.2. The summed E-state index contributed by atoms with van der Waals surface area (Å²) in [6, 6.07) is 3.30. The van der Waals surface area contributed by atoms with E-state index >= 15 is 0 Å². The van der Waals surface area contributed by atoms with Gasteiger partial charge in [-0.2, -0.15) is 11.8 Å². The molecule has 88 valence electrons. The van der Waals surface area contributed by atoms with Crippen LogP contribution in [0.15, 0.2) is 18.2 Å². The number of benzene rings is 1. The molecule has 0 saturated heterocycles. The number of nitrogens with one attached hydrogen (secondary N) is 1. The van der Waals surface area contributed by atoms with E-state index in [2.05, 4.69) is 5.32 Å². The Morgan fingerprint density at radius 2 is 2.31 bits per heavy atom. The van der Waals surface area contributed by atoms with Crippen LogP contribution in [-0.2, 0) is 0 Å². The Morgan fingerprint density at radius 1 is 1.62 bits per heavy atom. The van der Waals surface area contributed by atoms with Crippen LogP contribution in [0.3, 0.4) is 0 Å². The second-order valence-corrected chi connectivity index (χ2v) is 4.69. The zero-order chi connectivity index (χ0) is 12.1. The molecule has 1 unspecified atom stereocenters. The number of amides is 1. The van der Waals surface area contributed by atoms with Crippen LogP contribution >= 0.6 is 11.8 Å². The van der Waals surface area contributed by atoms with Crippen LogP contribution in [0, 0.1) is 5.82 Å². The van der Waals surface area contributed by atoms with Gasteiger partial charge in [-0.3, -0.25) is 4.79 Å². The molecule has 0 aliphatic carbocycles. The Kier molecular flexibility index (Phi) is 4.61. The van der Waals surface area contributed by atoms with Crippen LogP contribution in [0.4, 0.5) is 4.39 Å². The Morgan fingerprint density at radius 3 is 2.94 bits per heavy atom. The van der Waals surface area contributed by atoms with E-state index in [0.717, 1.165) is 12.1 Å². The zero-order valence-corrected chi connectivity index (χ0v) is 9.97. The summed E-state index contributed by atoms with van der Waals surface area (Å²) in [6.45, 7) is 2.45. The minimum atomic E-state index is -0.541. The molecule has 0 fully saturated rings. The van der Waals surface area contributed by atoms with Crippen LogP contribution in [0.1, 0.15) is 17.3 Å². The molecule has 0 aliphatic rings. The van der Waals surface area contributed by atoms with Crippen molar-refractivity contribution < 1.29 is 14.3 Å². The van der Waals surface area contributed by atoms with Gasteiger partial charge >= 0.3 is 0 Å². The first kappa shape index (κ1) is 12.8. The maximum Gasteiger partial charge on any atom is 0.255 e. The smallest absolute Gasteiger partial charge is 0.255 e. The second-order valence-electron chi connectivity index (χ2n) is 3.42. The van der Waals surface area contributed by atoms with Crippen LogP contribution in [0.25, 0.3) is 0 Å². The second kappa shape index (κ2) is 5.75. The van der Waals surface area contributed by atoms with Crippen LogP contribution in [0.2, 0.25) is 0 Å². The van der Waals surface area contributed by atoms with Crippen molar-refractivity contribution >= 4 is 17.7 Å². The summed E-state index contributed by atoms with van der Waals surface area (Å²) in [5.41, 5.74) is -0.0340. The summed E-state index contributed by atoms with van der Waals surface area (Å²) >= 11 is 1.62. The monoisotopic (exact) mass is 243 g/mol. The Bertz CT molecular complexity index is 384. The standard InChI is InChI=1S/C11H14FNO2S/c1-7(16-2)6-13-11(15)9-5-8(12)3-4-10(9)14/h3-5,7,14H,6H2,1-2H3,(H,13,15). The lowest BCUT2D eigenvalue weighted by atomic mass is 10.2. The molecular formula is C11H14FNO2S. The number of carbonyl (C=O) groups is 1. The molecule has 0 saturated carbocycles. The number of carbonyl (C=O) groups excluding carboxylic acids is 1. The molecule has 0 bridgehead atoms. The van der Waals surface area contributed by atoms with Gasteiger partial charge in [0.2, 0.25) is 0 Å². The SMILES string of the molecule is CSC(C)CNC(=O)c1cc(F)ccc1O. The van der Waals surface area contributed by atoms with Crippen molar-refractivity contribution in [3.63, 3.8) is 0 Å². The number of thioether (sulfide) groups is 1. The van der Waals surface area contributed by atoms with Crippen molar-refractivity contribution in [1.82, 2.24) is 5.32 Å². The molecule has 0 aromatic heterocycles. The van der Waals surface area contributed by atoms with Crippen molar-refractivity contribution in [2.45, 2.75) is 12.2 Å². The van der Waals surface area contributed by atoms with E-state index in [1.165, 1.54) is 6.07 Å². The molecule has 0 radical (unpaired) electrons. The van der Waals surface area contributed by atoms with Crippen molar-refractivity contribution in [3.8, 4) is 5.75 Å². The van der Waals surface area contributed by atoms with Crippen LogP contribution in [-0.4, -0.2) is 29.1 Å². The minimum absolute atomic E-state index is 0.0340. The third-order valence-corrected chi connectivity index (χ3v) is 3.13. The van der Waals surface area contributed by atoms with E-state index in [1.54, 1.807) is 11.8 Å². The fourth-order valence-electron chi connectivity index (χ4n) is 1.11. The number of phenols is 1. The molecule has 1 aromatic rings. The maximum atomic E-state index is 12.9. The van der Waals surface area contributed by atoms with Gasteiger partial charge in [-0.05, 0) is 24.5 Å². The highest BCUT2D eigenvalue weighted by Crippen LogP contribution is 2.17. The molecule has 0 aliphatic heterocycles. The van der Waals surface area contributed by atoms with Gasteiger partial charge in [-0.15, -0.1) is 0 Å². The van der Waals surface area contributed by atoms with Gasteiger partial charge in [0.25, 0.3) is 5.91 Å². The summed E-state index contributed by atoms with van der Waals surface area (Å²) in [7, 11) is 0. The first-order valence-electron chi connectivity index (χ1n) is 4.84. The van der Waals surface area contributed by atoms with E-state index in [9.17, 15) is 14.3 Å². The fourth-order valence-corrected chi connectivity index (χ4v) is 1.36. The van der Waals surface area contributed by atoms with Gasteiger partial charge in [-0.1, -0.05) is 6.92 Å². The van der Waals surface area contributed by atoms with E-state index in [1.807, 2.05) is 13.2 Å². The molecule has 3 nitrogen and oxygen atoms in total. The molecule has 1 aromatic carbocycles. The Labute approximate surface area is 98.1 Å². The van der Waals surface area contributed by atoms with E-state index in [0.29, 0.717) is 6.54 Å².